The predicted molar refractivity (Wildman–Crippen MR) is 73.5 cm³/mol. The number of nitrogens with one attached hydrogen (secondary N) is 1. The van der Waals surface area contributed by atoms with E-state index in [4.69, 9.17) is 17.0 Å². The van der Waals surface area contributed by atoms with Crippen LogP contribution in [-0.2, 0) is 18.8 Å². The fraction of sp³-hybridized carbons (Fsp3) is 0.545. The van der Waals surface area contributed by atoms with Gasteiger partial charge in [0, 0.05) is 26.9 Å². The Morgan fingerprint density at radius 3 is 2.78 bits per heavy atom. The highest BCUT2D eigenvalue weighted by Gasteiger charge is 2.23. The Kier molecular flexibility index (Phi) is 3.63. The van der Waals surface area contributed by atoms with Gasteiger partial charge in [-0.2, -0.15) is 0 Å². The minimum absolute atomic E-state index is 0.186. The van der Waals surface area contributed by atoms with Gasteiger partial charge in [0.05, 0.1) is 12.7 Å². The Balaban J connectivity index is 2.52. The van der Waals surface area contributed by atoms with Gasteiger partial charge in [-0.15, -0.1) is 0 Å². The summed E-state index contributed by atoms with van der Waals surface area (Å²) < 4.78 is 8.51. The zero-order chi connectivity index (χ0) is 13.3. The van der Waals surface area contributed by atoms with Gasteiger partial charge in [-0.1, -0.05) is 12.2 Å². The van der Waals surface area contributed by atoms with E-state index in [-0.39, 0.29) is 11.8 Å². The van der Waals surface area contributed by atoms with Crippen molar-refractivity contribution >= 4 is 29.9 Å². The molecule has 1 unspecified atom stereocenters. The minimum atomic E-state index is -0.186. The molecule has 0 aliphatic carbocycles. The molecule has 2 rings (SSSR count). The van der Waals surface area contributed by atoms with Crippen molar-refractivity contribution in [2.75, 3.05) is 18.5 Å². The average Bonchev–Trinajstić information content (AvgIpc) is 3.17. The second kappa shape index (κ2) is 5.03. The number of aliphatic imine (C=N–C) groups is 1. The van der Waals surface area contributed by atoms with Gasteiger partial charge in [-0.05, 0) is 6.92 Å². The van der Waals surface area contributed by atoms with E-state index in [0.717, 1.165) is 6.61 Å². The Morgan fingerprint density at radius 2 is 2.22 bits per heavy atom. The lowest BCUT2D eigenvalue weighted by Gasteiger charge is -2.14. The highest BCUT2D eigenvalue weighted by Crippen LogP contribution is 2.24. The van der Waals surface area contributed by atoms with Crippen LogP contribution in [0.15, 0.2) is 9.79 Å². The van der Waals surface area contributed by atoms with E-state index in [0.29, 0.717) is 22.7 Å². The van der Waals surface area contributed by atoms with Crippen LogP contribution in [0.4, 0.5) is 11.5 Å². The van der Waals surface area contributed by atoms with E-state index in [1.807, 2.05) is 0 Å². The number of hydrogen-bond acceptors (Lipinski definition) is 5. The summed E-state index contributed by atoms with van der Waals surface area (Å²) in [5, 5.41) is 3.21. The first kappa shape index (κ1) is 13.0. The first-order chi connectivity index (χ1) is 8.56. The molecule has 18 heavy (non-hydrogen) atoms. The van der Waals surface area contributed by atoms with Crippen LogP contribution in [0, 0.1) is 4.64 Å². The molecule has 2 heterocycles. The molecule has 6 nitrogen and oxygen atoms in total. The molecular weight excluding hydrogens is 252 g/mol. The molecule has 0 bridgehead atoms. The van der Waals surface area contributed by atoms with Gasteiger partial charge in [0.25, 0.3) is 0 Å². The van der Waals surface area contributed by atoms with Crippen molar-refractivity contribution in [3.63, 3.8) is 0 Å². The van der Waals surface area contributed by atoms with Crippen molar-refractivity contribution in [2.24, 2.45) is 19.1 Å². The van der Waals surface area contributed by atoms with Crippen molar-refractivity contribution in [1.29, 1.82) is 0 Å². The maximum Gasteiger partial charge on any atom is 0.330 e. The molecule has 1 atom stereocenters. The Hall–Kier alpha value is -1.47. The van der Waals surface area contributed by atoms with E-state index < -0.39 is 0 Å². The maximum atomic E-state index is 11.9. The Morgan fingerprint density at radius 1 is 1.56 bits per heavy atom. The summed E-state index contributed by atoms with van der Waals surface area (Å²) in [5.74, 6) is 0.547. The van der Waals surface area contributed by atoms with E-state index in [9.17, 15) is 4.79 Å². The summed E-state index contributed by atoms with van der Waals surface area (Å²) in [6, 6.07) is 0. The standard InChI is InChI=1S/C11H16N4O2S/c1-4-12-9-8(13-5-7-6-17-7)10(18)15(3)11(16)14(9)2/h4,7,13H,5-6H2,1-3H3/b12-4-. The van der Waals surface area contributed by atoms with Crippen LogP contribution in [0.1, 0.15) is 6.92 Å². The van der Waals surface area contributed by atoms with Crippen LogP contribution in [0.3, 0.4) is 0 Å². The van der Waals surface area contributed by atoms with E-state index in [1.165, 1.54) is 9.13 Å². The molecule has 1 saturated heterocycles. The number of epoxide rings is 1. The number of rotatable bonds is 4. The number of ether oxygens (including phenoxy) is 1. The predicted octanol–water partition coefficient (Wildman–Crippen LogP) is 0.986. The third-order valence-corrected chi connectivity index (χ3v) is 3.27. The summed E-state index contributed by atoms with van der Waals surface area (Å²) in [5.41, 5.74) is 0.511. The lowest BCUT2D eigenvalue weighted by molar-refractivity contribution is 0.416. The zero-order valence-electron chi connectivity index (χ0n) is 10.6. The SMILES string of the molecule is C/C=N\c1c(NCC2CO2)c(=S)n(C)c(=O)n1C. The van der Waals surface area contributed by atoms with Gasteiger partial charge in [-0.3, -0.25) is 9.13 Å². The second-order valence-electron chi connectivity index (χ2n) is 4.13. The summed E-state index contributed by atoms with van der Waals surface area (Å²) in [6.45, 7) is 3.24. The molecule has 0 amide bonds. The van der Waals surface area contributed by atoms with E-state index >= 15 is 0 Å². The molecular formula is C11H16N4O2S. The Labute approximate surface area is 110 Å². The quantitative estimate of drug-likeness (QED) is 0.502. The topological polar surface area (TPSA) is 63.9 Å². The van der Waals surface area contributed by atoms with Gasteiger partial charge in [0.2, 0.25) is 0 Å². The van der Waals surface area contributed by atoms with Crippen LogP contribution < -0.4 is 11.0 Å². The largest absolute Gasteiger partial charge is 0.377 e. The highest BCUT2D eigenvalue weighted by atomic mass is 32.1. The fourth-order valence-electron chi connectivity index (χ4n) is 1.66. The molecule has 0 aromatic carbocycles. The zero-order valence-corrected chi connectivity index (χ0v) is 11.5. The van der Waals surface area contributed by atoms with Crippen LogP contribution in [0.2, 0.25) is 0 Å². The molecule has 0 radical (unpaired) electrons. The van der Waals surface area contributed by atoms with Gasteiger partial charge in [0.1, 0.15) is 10.3 Å². The molecule has 0 spiro atoms. The third kappa shape index (κ3) is 2.37. The lowest BCUT2D eigenvalue weighted by Crippen LogP contribution is -2.29. The number of anilines is 1. The molecule has 7 heteroatoms. The van der Waals surface area contributed by atoms with Crippen LogP contribution in [0.25, 0.3) is 0 Å². The van der Waals surface area contributed by atoms with E-state index in [2.05, 4.69) is 10.3 Å². The van der Waals surface area contributed by atoms with Crippen molar-refractivity contribution in [1.82, 2.24) is 9.13 Å². The molecule has 1 aliphatic heterocycles. The van der Waals surface area contributed by atoms with Crippen molar-refractivity contribution in [2.45, 2.75) is 13.0 Å². The summed E-state index contributed by atoms with van der Waals surface area (Å²) in [6.07, 6.45) is 1.88. The second-order valence-corrected chi connectivity index (χ2v) is 4.51. The highest BCUT2D eigenvalue weighted by molar-refractivity contribution is 7.71. The van der Waals surface area contributed by atoms with E-state index in [1.54, 1.807) is 27.2 Å². The summed E-state index contributed by atoms with van der Waals surface area (Å²) in [4.78, 5) is 16.1. The normalized spacial score (nSPS) is 18.3. The van der Waals surface area contributed by atoms with Gasteiger partial charge < -0.3 is 10.1 Å². The van der Waals surface area contributed by atoms with Crippen molar-refractivity contribution in [3.8, 4) is 0 Å². The number of nitrogens with zero attached hydrogens (tertiary/aromatic N) is 3. The molecule has 0 saturated carbocycles. The summed E-state index contributed by atoms with van der Waals surface area (Å²) in [7, 11) is 3.33. The van der Waals surface area contributed by atoms with Crippen molar-refractivity contribution < 1.29 is 4.74 Å². The molecule has 1 fully saturated rings. The molecule has 98 valence electrons. The summed E-state index contributed by atoms with van der Waals surface area (Å²) >= 11 is 5.29. The molecule has 1 aromatic heterocycles. The third-order valence-electron chi connectivity index (χ3n) is 2.79. The van der Waals surface area contributed by atoms with Crippen LogP contribution in [-0.4, -0.2) is 34.6 Å². The first-order valence-electron chi connectivity index (χ1n) is 5.70. The lowest BCUT2D eigenvalue weighted by atomic mass is 10.4. The fourth-order valence-corrected chi connectivity index (χ4v) is 1.90. The minimum Gasteiger partial charge on any atom is -0.377 e. The maximum absolute atomic E-state index is 11.9. The van der Waals surface area contributed by atoms with Crippen LogP contribution >= 0.6 is 12.2 Å². The molecule has 1 aromatic rings. The molecule has 1 aliphatic rings. The smallest absolute Gasteiger partial charge is 0.330 e. The first-order valence-corrected chi connectivity index (χ1v) is 6.11. The average molecular weight is 268 g/mol. The van der Waals surface area contributed by atoms with Crippen molar-refractivity contribution in [3.05, 3.63) is 15.1 Å². The van der Waals surface area contributed by atoms with Crippen LogP contribution in [0.5, 0.6) is 0 Å². The van der Waals surface area contributed by atoms with Gasteiger partial charge >= 0.3 is 5.69 Å². The van der Waals surface area contributed by atoms with Gasteiger partial charge in [0.15, 0.2) is 5.82 Å². The monoisotopic (exact) mass is 268 g/mol. The number of hydrogen-bond donors (Lipinski definition) is 1. The number of aromatic nitrogens is 2. The van der Waals surface area contributed by atoms with Gasteiger partial charge in [-0.25, -0.2) is 9.79 Å². The Bertz CT molecular complexity index is 598. The molecule has 1 N–H and O–H groups in total.